The van der Waals surface area contributed by atoms with E-state index < -0.39 is 0 Å². The number of nitriles is 1. The first-order chi connectivity index (χ1) is 7.72. The number of H-pyrrole nitrogens is 1. The van der Waals surface area contributed by atoms with Crippen LogP contribution in [-0.4, -0.2) is 14.6 Å². The first-order valence-electron chi connectivity index (χ1n) is 5.23. The van der Waals surface area contributed by atoms with Crippen LogP contribution in [0, 0.1) is 18.3 Å². The summed E-state index contributed by atoms with van der Waals surface area (Å²) < 4.78 is 1.36. The molecule has 2 aromatic heterocycles. The summed E-state index contributed by atoms with van der Waals surface area (Å²) >= 11 is 0. The summed E-state index contributed by atoms with van der Waals surface area (Å²) in [5, 5.41) is 11.6. The fourth-order valence-electron chi connectivity index (χ4n) is 2.06. The second kappa shape index (κ2) is 2.95. The van der Waals surface area contributed by atoms with Gasteiger partial charge in [0.2, 0.25) is 0 Å². The lowest BCUT2D eigenvalue weighted by atomic mass is 10.1. The van der Waals surface area contributed by atoms with Gasteiger partial charge in [-0.2, -0.15) is 5.26 Å². The minimum Gasteiger partial charge on any atom is -0.295 e. The van der Waals surface area contributed by atoms with Crippen LogP contribution in [0.1, 0.15) is 35.6 Å². The molecule has 2 aromatic rings. The van der Waals surface area contributed by atoms with E-state index in [0.29, 0.717) is 17.1 Å². The molecule has 1 aliphatic rings. The highest BCUT2D eigenvalue weighted by Crippen LogP contribution is 2.39. The monoisotopic (exact) mass is 214 g/mol. The topological polar surface area (TPSA) is 73.9 Å². The minimum absolute atomic E-state index is 0.0634. The van der Waals surface area contributed by atoms with Crippen LogP contribution in [0.4, 0.5) is 0 Å². The Morgan fingerprint density at radius 2 is 2.38 bits per heavy atom. The van der Waals surface area contributed by atoms with Crippen molar-refractivity contribution in [3.8, 4) is 6.07 Å². The summed E-state index contributed by atoms with van der Waals surface area (Å²) in [5.41, 5.74) is 2.32. The van der Waals surface area contributed by atoms with Gasteiger partial charge >= 0.3 is 0 Å². The minimum atomic E-state index is -0.0634. The van der Waals surface area contributed by atoms with Gasteiger partial charge in [-0.3, -0.25) is 9.89 Å². The Morgan fingerprint density at radius 1 is 1.62 bits per heavy atom. The summed E-state index contributed by atoms with van der Waals surface area (Å²) in [5.74, 6) is 0.366. The number of nitrogens with zero attached hydrogens (tertiary/aromatic N) is 3. The summed E-state index contributed by atoms with van der Waals surface area (Å²) in [6.45, 7) is 1.84. The zero-order valence-electron chi connectivity index (χ0n) is 8.82. The Bertz CT molecular complexity index is 670. The zero-order valence-corrected chi connectivity index (χ0v) is 8.82. The first-order valence-corrected chi connectivity index (χ1v) is 5.23. The van der Waals surface area contributed by atoms with Crippen LogP contribution in [0.5, 0.6) is 0 Å². The van der Waals surface area contributed by atoms with Crippen molar-refractivity contribution in [2.75, 3.05) is 0 Å². The second-order valence-electron chi connectivity index (χ2n) is 4.15. The molecule has 0 bridgehead atoms. The molecular formula is C11H10N4O. The highest BCUT2D eigenvalue weighted by molar-refractivity contribution is 5.54. The summed E-state index contributed by atoms with van der Waals surface area (Å²) in [6, 6.07) is 2.02. The molecule has 16 heavy (non-hydrogen) atoms. The Morgan fingerprint density at radius 3 is 3.00 bits per heavy atom. The van der Waals surface area contributed by atoms with Crippen molar-refractivity contribution in [1.82, 2.24) is 14.6 Å². The van der Waals surface area contributed by atoms with Gasteiger partial charge < -0.3 is 0 Å². The Kier molecular flexibility index (Phi) is 1.69. The van der Waals surface area contributed by atoms with E-state index in [2.05, 4.69) is 10.1 Å². The van der Waals surface area contributed by atoms with E-state index in [0.717, 1.165) is 24.1 Å². The molecule has 80 valence electrons. The fourth-order valence-corrected chi connectivity index (χ4v) is 2.06. The molecule has 2 heterocycles. The van der Waals surface area contributed by atoms with Gasteiger partial charge in [-0.15, -0.1) is 0 Å². The van der Waals surface area contributed by atoms with Crippen molar-refractivity contribution in [3.63, 3.8) is 0 Å². The number of rotatable bonds is 1. The van der Waals surface area contributed by atoms with Gasteiger partial charge in [0, 0.05) is 17.5 Å². The largest absolute Gasteiger partial charge is 0.295 e. The van der Waals surface area contributed by atoms with Gasteiger partial charge in [-0.1, -0.05) is 0 Å². The maximum atomic E-state index is 12.1. The molecule has 0 spiro atoms. The van der Waals surface area contributed by atoms with Gasteiger partial charge in [-0.25, -0.2) is 9.50 Å². The van der Waals surface area contributed by atoms with Crippen molar-refractivity contribution in [2.24, 2.45) is 0 Å². The average Bonchev–Trinajstić information content (AvgIpc) is 2.99. The van der Waals surface area contributed by atoms with Crippen molar-refractivity contribution < 1.29 is 0 Å². The third-order valence-electron chi connectivity index (χ3n) is 2.99. The summed E-state index contributed by atoms with van der Waals surface area (Å²) in [6.07, 6.45) is 3.64. The predicted octanol–water partition coefficient (Wildman–Crippen LogP) is 1.08. The van der Waals surface area contributed by atoms with Crippen molar-refractivity contribution in [3.05, 3.63) is 33.4 Å². The highest BCUT2D eigenvalue weighted by Gasteiger charge is 2.29. The molecule has 0 saturated heterocycles. The lowest BCUT2D eigenvalue weighted by molar-refractivity contribution is 0.849. The van der Waals surface area contributed by atoms with E-state index in [4.69, 9.17) is 5.26 Å². The van der Waals surface area contributed by atoms with Crippen molar-refractivity contribution >= 4 is 5.65 Å². The van der Waals surface area contributed by atoms with Crippen LogP contribution in [0.3, 0.4) is 0 Å². The summed E-state index contributed by atoms with van der Waals surface area (Å²) in [7, 11) is 0. The average molecular weight is 214 g/mol. The number of nitrogens with one attached hydrogen (secondary N) is 1. The van der Waals surface area contributed by atoms with E-state index in [1.54, 1.807) is 0 Å². The second-order valence-corrected chi connectivity index (χ2v) is 4.15. The summed E-state index contributed by atoms with van der Waals surface area (Å²) in [4.78, 5) is 16.5. The maximum Gasteiger partial charge on any atom is 0.276 e. The smallest absolute Gasteiger partial charge is 0.276 e. The quantitative estimate of drug-likeness (QED) is 0.771. The molecule has 0 aliphatic heterocycles. The highest BCUT2D eigenvalue weighted by atomic mass is 16.1. The van der Waals surface area contributed by atoms with Gasteiger partial charge in [-0.05, 0) is 25.7 Å². The molecule has 0 aromatic carbocycles. The lowest BCUT2D eigenvalue weighted by Gasteiger charge is -2.03. The van der Waals surface area contributed by atoms with E-state index >= 15 is 0 Å². The molecule has 1 fully saturated rings. The Hall–Kier alpha value is -2.09. The number of aromatic amines is 1. The number of hydrogen-bond acceptors (Lipinski definition) is 3. The van der Waals surface area contributed by atoms with Crippen LogP contribution in [-0.2, 0) is 0 Å². The van der Waals surface area contributed by atoms with Crippen LogP contribution in [0.2, 0.25) is 0 Å². The van der Waals surface area contributed by atoms with Crippen LogP contribution in [0.25, 0.3) is 5.65 Å². The first kappa shape index (κ1) is 9.16. The Labute approximate surface area is 91.3 Å². The van der Waals surface area contributed by atoms with E-state index in [1.807, 2.05) is 13.0 Å². The van der Waals surface area contributed by atoms with Crippen LogP contribution in [0.15, 0.2) is 11.0 Å². The number of hydrogen-bond donors (Lipinski definition) is 1. The van der Waals surface area contributed by atoms with Gasteiger partial charge in [0.15, 0.2) is 5.65 Å². The third-order valence-corrected chi connectivity index (χ3v) is 2.99. The molecule has 0 unspecified atom stereocenters. The van der Waals surface area contributed by atoms with Gasteiger partial charge in [0.25, 0.3) is 5.56 Å². The third kappa shape index (κ3) is 1.10. The van der Waals surface area contributed by atoms with Crippen molar-refractivity contribution in [1.29, 1.82) is 5.26 Å². The van der Waals surface area contributed by atoms with E-state index in [1.165, 1.54) is 10.7 Å². The molecule has 0 atom stereocenters. The molecule has 0 radical (unpaired) electrons. The molecule has 0 amide bonds. The molecule has 1 saturated carbocycles. The normalized spacial score (nSPS) is 15.2. The predicted molar refractivity (Wildman–Crippen MR) is 57.2 cm³/mol. The molecule has 5 heteroatoms. The number of fused-ring (bicyclic) bond motifs is 1. The van der Waals surface area contributed by atoms with E-state index in [-0.39, 0.29) is 5.56 Å². The van der Waals surface area contributed by atoms with Crippen LogP contribution >= 0.6 is 0 Å². The molecule has 3 rings (SSSR count). The van der Waals surface area contributed by atoms with Gasteiger partial charge in [0.1, 0.15) is 11.6 Å². The molecular weight excluding hydrogens is 204 g/mol. The van der Waals surface area contributed by atoms with Gasteiger partial charge in [0.05, 0.1) is 0 Å². The Balaban J connectivity index is 2.41. The standard InChI is InChI=1S/C11H10N4O/c1-6-9(7-2-3-7)11(16)15-10(14-6)8(4-12)5-13-15/h5,7,13H,2-3H2,1H3. The van der Waals surface area contributed by atoms with E-state index in [9.17, 15) is 4.79 Å². The SMILES string of the molecule is Cc1nc2c(C#N)c[nH]n2c(=O)c1C1CC1. The number of aryl methyl sites for hydroxylation is 1. The molecule has 1 N–H and O–H groups in total. The van der Waals surface area contributed by atoms with Crippen LogP contribution < -0.4 is 5.56 Å². The van der Waals surface area contributed by atoms with Crippen molar-refractivity contribution in [2.45, 2.75) is 25.7 Å². The fraction of sp³-hybridized carbons (Fsp3) is 0.364. The molecule has 1 aliphatic carbocycles. The zero-order chi connectivity index (χ0) is 11.3. The molecule has 5 nitrogen and oxygen atoms in total. The number of aromatic nitrogens is 3. The maximum absolute atomic E-state index is 12.1. The lowest BCUT2D eigenvalue weighted by Crippen LogP contribution is -2.21.